The molecule has 0 aliphatic carbocycles. The Balaban J connectivity index is 1.29. The molecule has 2 nitrogen and oxygen atoms in total. The van der Waals surface area contributed by atoms with Gasteiger partial charge in [0.05, 0.1) is 5.69 Å². The first-order valence-electron chi connectivity index (χ1n) is 19.1. The predicted octanol–water partition coefficient (Wildman–Crippen LogP) is 13.8. The summed E-state index contributed by atoms with van der Waals surface area (Å²) in [6, 6.07) is 52.5. The highest BCUT2D eigenvalue weighted by molar-refractivity contribution is 6.09. The van der Waals surface area contributed by atoms with Crippen molar-refractivity contribution in [3.63, 3.8) is 0 Å². The number of nitrogens with zero attached hydrogens (tertiary/aromatic N) is 2. The molecule has 7 aromatic rings. The third kappa shape index (κ3) is 5.32. The van der Waals surface area contributed by atoms with Crippen LogP contribution >= 0.6 is 0 Å². The molecule has 0 saturated heterocycles. The molecule has 0 radical (unpaired) electrons. The summed E-state index contributed by atoms with van der Waals surface area (Å²) in [7, 11) is 0. The number of hydrogen-bond acceptors (Lipinski definition) is 2. The molecule has 0 bridgehead atoms. The number of anilines is 6. The van der Waals surface area contributed by atoms with Gasteiger partial charge in [-0.25, -0.2) is 0 Å². The largest absolute Gasteiger partial charge is 0.310 e. The van der Waals surface area contributed by atoms with E-state index in [0.717, 1.165) is 32.1 Å². The smallest absolute Gasteiger partial charge is 0.0543 e. The van der Waals surface area contributed by atoms with E-state index in [0.29, 0.717) is 5.92 Å². The molecule has 9 rings (SSSR count). The quantitative estimate of drug-likeness (QED) is 0.179. The number of fused-ring (bicyclic) bond motifs is 5. The summed E-state index contributed by atoms with van der Waals surface area (Å²) in [5.74, 6) is 0.374. The zero-order valence-corrected chi connectivity index (χ0v) is 30.8. The van der Waals surface area contributed by atoms with Crippen molar-refractivity contribution in [3.8, 4) is 11.1 Å². The normalized spacial score (nSPS) is 14.2. The Morgan fingerprint density at radius 3 is 1.33 bits per heavy atom. The van der Waals surface area contributed by atoms with E-state index in [9.17, 15) is 0 Å². The van der Waals surface area contributed by atoms with Crippen LogP contribution in [-0.4, -0.2) is 0 Å². The fourth-order valence-electron chi connectivity index (χ4n) is 9.01. The van der Waals surface area contributed by atoms with Crippen LogP contribution < -0.4 is 9.80 Å². The van der Waals surface area contributed by atoms with Gasteiger partial charge in [-0.15, -0.1) is 0 Å². The maximum absolute atomic E-state index is 2.56. The first kappa shape index (κ1) is 32.3. The van der Waals surface area contributed by atoms with Crippen LogP contribution in [-0.2, 0) is 25.7 Å². The number of benzene rings is 7. The topological polar surface area (TPSA) is 6.48 Å². The first-order valence-corrected chi connectivity index (χ1v) is 19.1. The van der Waals surface area contributed by atoms with Crippen molar-refractivity contribution in [1.29, 1.82) is 0 Å². The second-order valence-corrected chi connectivity index (χ2v) is 14.9. The fourth-order valence-corrected chi connectivity index (χ4v) is 9.01. The van der Waals surface area contributed by atoms with E-state index >= 15 is 0 Å². The minimum absolute atomic E-state index is 0.374. The van der Waals surface area contributed by atoms with Gasteiger partial charge in [-0.3, -0.25) is 0 Å². The van der Waals surface area contributed by atoms with Crippen molar-refractivity contribution >= 4 is 44.9 Å². The molecule has 2 heteroatoms. The Bertz CT molecular complexity index is 2350. The first-order chi connectivity index (χ1) is 25.5. The third-order valence-corrected chi connectivity index (χ3v) is 11.7. The second-order valence-electron chi connectivity index (χ2n) is 14.9. The Kier molecular flexibility index (Phi) is 8.19. The van der Waals surface area contributed by atoms with E-state index in [1.807, 2.05) is 0 Å². The molecule has 2 aliphatic rings. The van der Waals surface area contributed by atoms with Crippen molar-refractivity contribution in [2.75, 3.05) is 9.80 Å². The third-order valence-electron chi connectivity index (χ3n) is 11.7. The van der Waals surface area contributed by atoms with Crippen LogP contribution in [0.2, 0.25) is 0 Å². The molecule has 7 aromatic carbocycles. The molecule has 0 N–H and O–H groups in total. The molecule has 0 aromatic heterocycles. The summed E-state index contributed by atoms with van der Waals surface area (Å²) in [5.41, 5.74) is 20.0. The van der Waals surface area contributed by atoms with Crippen LogP contribution in [0.1, 0.15) is 65.1 Å². The van der Waals surface area contributed by atoms with Crippen molar-refractivity contribution < 1.29 is 0 Å². The van der Waals surface area contributed by atoms with E-state index < -0.39 is 0 Å². The number of aryl methyl sites for hydroxylation is 6. The lowest BCUT2D eigenvalue weighted by Gasteiger charge is -2.32. The molecule has 2 aliphatic heterocycles. The minimum Gasteiger partial charge on any atom is -0.310 e. The summed E-state index contributed by atoms with van der Waals surface area (Å²) in [6.07, 6.45) is 5.23. The van der Waals surface area contributed by atoms with Gasteiger partial charge in [0.2, 0.25) is 0 Å². The lowest BCUT2D eigenvalue weighted by molar-refractivity contribution is 0.736. The zero-order valence-electron chi connectivity index (χ0n) is 30.8. The zero-order chi connectivity index (χ0) is 35.3. The van der Waals surface area contributed by atoms with E-state index in [4.69, 9.17) is 0 Å². The van der Waals surface area contributed by atoms with E-state index in [1.54, 1.807) is 0 Å². The van der Waals surface area contributed by atoms with Crippen molar-refractivity contribution in [2.24, 2.45) is 0 Å². The summed E-state index contributed by atoms with van der Waals surface area (Å²) in [5, 5.41) is 2.60. The molecule has 1 unspecified atom stereocenters. The molecular formula is C50H46N2. The van der Waals surface area contributed by atoms with Gasteiger partial charge in [0.25, 0.3) is 0 Å². The summed E-state index contributed by atoms with van der Waals surface area (Å²) in [4.78, 5) is 5.07. The molecule has 0 spiro atoms. The second kappa shape index (κ2) is 13.2. The van der Waals surface area contributed by atoms with Crippen LogP contribution in [0.25, 0.3) is 21.9 Å². The van der Waals surface area contributed by atoms with E-state index in [1.165, 1.54) is 95.0 Å². The molecular weight excluding hydrogens is 629 g/mol. The predicted molar refractivity (Wildman–Crippen MR) is 222 cm³/mol. The number of rotatable bonds is 5. The van der Waals surface area contributed by atoms with Crippen LogP contribution in [0.15, 0.2) is 140 Å². The summed E-state index contributed by atoms with van der Waals surface area (Å²) < 4.78 is 0. The highest BCUT2D eigenvalue weighted by Gasteiger charge is 2.28. The van der Waals surface area contributed by atoms with E-state index in [2.05, 4.69) is 177 Å². The van der Waals surface area contributed by atoms with Crippen LogP contribution in [0, 0.1) is 13.8 Å². The molecule has 0 saturated carbocycles. The van der Waals surface area contributed by atoms with Gasteiger partial charge >= 0.3 is 0 Å². The van der Waals surface area contributed by atoms with Gasteiger partial charge in [-0.1, -0.05) is 111 Å². The SMILES string of the molecule is CCC(C)c1cc(N2c3ccccc3CCc3ccccc32)c2ccccc2c1-c1c(C)cc(N2c3ccccc3CCc3ccccc32)cc1C. The summed E-state index contributed by atoms with van der Waals surface area (Å²) >= 11 is 0. The maximum Gasteiger partial charge on any atom is 0.0543 e. The Hall–Kier alpha value is -5.60. The molecule has 2 heterocycles. The van der Waals surface area contributed by atoms with Gasteiger partial charge in [-0.05, 0) is 150 Å². The van der Waals surface area contributed by atoms with Gasteiger partial charge in [0.1, 0.15) is 0 Å². The number of para-hydroxylation sites is 4. The molecule has 0 fully saturated rings. The average molecular weight is 675 g/mol. The van der Waals surface area contributed by atoms with Gasteiger partial charge in [0, 0.05) is 33.8 Å². The number of hydrogen-bond donors (Lipinski definition) is 0. The molecule has 0 amide bonds. The van der Waals surface area contributed by atoms with Crippen molar-refractivity contribution in [3.05, 3.63) is 178 Å². The van der Waals surface area contributed by atoms with E-state index in [-0.39, 0.29) is 0 Å². The monoisotopic (exact) mass is 674 g/mol. The fraction of sp³-hybridized carbons (Fsp3) is 0.200. The highest BCUT2D eigenvalue weighted by Crippen LogP contribution is 2.50. The molecule has 52 heavy (non-hydrogen) atoms. The highest BCUT2D eigenvalue weighted by atomic mass is 15.2. The standard InChI is InChI=1S/C50H46N2/c1-5-33(2)43-32-48(52-46-24-14-8-18-38(46)28-29-39-19-9-15-25-47(39)52)41-20-10-11-21-42(41)50(43)49-34(3)30-40(31-35(49)4)51-44-22-12-6-16-36(44)26-27-37-17-7-13-23-45(37)51/h6-25,30-33H,5,26-29H2,1-4H3. The van der Waals surface area contributed by atoms with Gasteiger partial charge < -0.3 is 9.80 Å². The van der Waals surface area contributed by atoms with Crippen LogP contribution in [0.4, 0.5) is 34.1 Å². The lowest BCUT2D eigenvalue weighted by Crippen LogP contribution is -2.14. The van der Waals surface area contributed by atoms with Crippen LogP contribution in [0.5, 0.6) is 0 Å². The molecule has 1 atom stereocenters. The summed E-state index contributed by atoms with van der Waals surface area (Å²) in [6.45, 7) is 9.39. The van der Waals surface area contributed by atoms with Crippen LogP contribution in [0.3, 0.4) is 0 Å². The maximum atomic E-state index is 2.56. The lowest BCUT2D eigenvalue weighted by atomic mass is 9.82. The minimum atomic E-state index is 0.374. The average Bonchev–Trinajstić information content (AvgIpc) is 3.45. The van der Waals surface area contributed by atoms with Crippen molar-refractivity contribution in [1.82, 2.24) is 0 Å². The molecule has 256 valence electrons. The van der Waals surface area contributed by atoms with Crippen molar-refractivity contribution in [2.45, 2.75) is 65.7 Å². The van der Waals surface area contributed by atoms with Gasteiger partial charge in [0.15, 0.2) is 0 Å². The Morgan fingerprint density at radius 2 is 0.865 bits per heavy atom. The Morgan fingerprint density at radius 1 is 0.462 bits per heavy atom. The van der Waals surface area contributed by atoms with Gasteiger partial charge in [-0.2, -0.15) is 0 Å². The Labute approximate surface area is 309 Å².